The Morgan fingerprint density at radius 2 is 2.21 bits per heavy atom. The maximum Gasteiger partial charge on any atom is 0.336 e. The highest BCUT2D eigenvalue weighted by atomic mass is 79.9. The first-order chi connectivity index (χ1) is 6.56. The molecule has 0 aromatic heterocycles. The summed E-state index contributed by atoms with van der Waals surface area (Å²) in [6.45, 7) is 1.93. The van der Waals surface area contributed by atoms with Gasteiger partial charge in [-0.1, -0.05) is 22.0 Å². The Balaban J connectivity index is 3.21. The smallest absolute Gasteiger partial charge is 0.336 e. The number of nitrogens with one attached hydrogen (secondary N) is 1. The molecule has 0 bridgehead atoms. The monoisotopic (exact) mass is 257 g/mol. The molecule has 2 N–H and O–H groups in total. The third-order valence-corrected chi connectivity index (χ3v) is 2.64. The number of carboxylic acid groups (broad SMARTS) is 1. The molecule has 0 radical (unpaired) electrons. The second kappa shape index (κ2) is 4.57. The molecular formula is C10H12BrNO2. The van der Waals surface area contributed by atoms with Gasteiger partial charge in [0.05, 0.1) is 5.56 Å². The van der Waals surface area contributed by atoms with Crippen molar-refractivity contribution in [3.63, 3.8) is 0 Å². The Kier molecular flexibility index (Phi) is 3.66. The van der Waals surface area contributed by atoms with Crippen molar-refractivity contribution in [2.45, 2.75) is 13.0 Å². The molecule has 1 atom stereocenters. The molecule has 0 saturated carbocycles. The van der Waals surface area contributed by atoms with Crippen LogP contribution in [0.3, 0.4) is 0 Å². The fourth-order valence-electron chi connectivity index (χ4n) is 1.25. The molecule has 14 heavy (non-hydrogen) atoms. The molecule has 3 nitrogen and oxygen atoms in total. The second-order valence-corrected chi connectivity index (χ2v) is 3.96. The van der Waals surface area contributed by atoms with E-state index in [1.165, 1.54) is 0 Å². The van der Waals surface area contributed by atoms with Gasteiger partial charge < -0.3 is 10.4 Å². The van der Waals surface area contributed by atoms with E-state index in [2.05, 4.69) is 21.2 Å². The maximum atomic E-state index is 10.9. The lowest BCUT2D eigenvalue weighted by atomic mass is 10.0. The van der Waals surface area contributed by atoms with E-state index in [1.807, 2.05) is 19.1 Å². The summed E-state index contributed by atoms with van der Waals surface area (Å²) in [4.78, 5) is 10.9. The van der Waals surface area contributed by atoms with E-state index >= 15 is 0 Å². The normalized spacial score (nSPS) is 12.5. The fourth-order valence-corrected chi connectivity index (χ4v) is 1.61. The van der Waals surface area contributed by atoms with Gasteiger partial charge in [-0.2, -0.15) is 0 Å². The second-order valence-electron chi connectivity index (χ2n) is 3.05. The van der Waals surface area contributed by atoms with Gasteiger partial charge in [0.15, 0.2) is 0 Å². The average Bonchev–Trinajstić information content (AvgIpc) is 2.16. The van der Waals surface area contributed by atoms with Gasteiger partial charge in [0, 0.05) is 10.5 Å². The molecule has 0 spiro atoms. The number of benzene rings is 1. The number of hydrogen-bond donors (Lipinski definition) is 2. The van der Waals surface area contributed by atoms with Gasteiger partial charge in [0.2, 0.25) is 0 Å². The molecule has 4 heteroatoms. The highest BCUT2D eigenvalue weighted by Crippen LogP contribution is 2.21. The van der Waals surface area contributed by atoms with Gasteiger partial charge in [-0.05, 0) is 31.7 Å². The van der Waals surface area contributed by atoms with E-state index in [-0.39, 0.29) is 6.04 Å². The standard InChI is InChI=1S/C10H12BrNO2/c1-6(12-2)8-4-3-7(11)5-9(8)10(13)14/h3-6,12H,1-2H3,(H,13,14)/t6-/m1/s1. The highest BCUT2D eigenvalue weighted by Gasteiger charge is 2.14. The van der Waals surface area contributed by atoms with Gasteiger partial charge in [0.1, 0.15) is 0 Å². The van der Waals surface area contributed by atoms with Crippen molar-refractivity contribution in [3.8, 4) is 0 Å². The van der Waals surface area contributed by atoms with Crippen LogP contribution in [0, 0.1) is 0 Å². The van der Waals surface area contributed by atoms with Crippen LogP contribution >= 0.6 is 15.9 Å². The Hall–Kier alpha value is -0.870. The van der Waals surface area contributed by atoms with Gasteiger partial charge in [-0.25, -0.2) is 4.79 Å². The molecule has 0 aliphatic heterocycles. The van der Waals surface area contributed by atoms with Crippen molar-refractivity contribution < 1.29 is 9.90 Å². The summed E-state index contributed by atoms with van der Waals surface area (Å²) in [6, 6.07) is 5.31. The largest absolute Gasteiger partial charge is 0.478 e. The van der Waals surface area contributed by atoms with Crippen LogP contribution < -0.4 is 5.32 Å². The SMILES string of the molecule is CN[C@H](C)c1ccc(Br)cc1C(=O)O. The predicted octanol–water partition coefficient (Wildman–Crippen LogP) is 2.43. The van der Waals surface area contributed by atoms with Crippen LogP contribution in [-0.4, -0.2) is 18.1 Å². The van der Waals surface area contributed by atoms with Gasteiger partial charge in [0.25, 0.3) is 0 Å². The van der Waals surface area contributed by atoms with E-state index in [9.17, 15) is 4.79 Å². The van der Waals surface area contributed by atoms with Crippen molar-refractivity contribution in [1.29, 1.82) is 0 Å². The number of aromatic carboxylic acids is 1. The predicted molar refractivity (Wildman–Crippen MR) is 58.6 cm³/mol. The zero-order valence-corrected chi connectivity index (χ0v) is 9.63. The van der Waals surface area contributed by atoms with Crippen LogP contribution in [0.1, 0.15) is 28.9 Å². The molecule has 0 heterocycles. The van der Waals surface area contributed by atoms with Gasteiger partial charge in [-0.3, -0.25) is 0 Å². The Morgan fingerprint density at radius 3 is 2.71 bits per heavy atom. The summed E-state index contributed by atoms with van der Waals surface area (Å²) in [7, 11) is 1.80. The molecule has 1 aromatic carbocycles. The Morgan fingerprint density at radius 1 is 1.57 bits per heavy atom. The van der Waals surface area contributed by atoms with Gasteiger partial charge in [-0.15, -0.1) is 0 Å². The minimum atomic E-state index is -0.900. The van der Waals surface area contributed by atoms with Crippen molar-refractivity contribution in [2.75, 3.05) is 7.05 Å². The summed E-state index contributed by atoms with van der Waals surface area (Å²) < 4.78 is 0.780. The highest BCUT2D eigenvalue weighted by molar-refractivity contribution is 9.10. The van der Waals surface area contributed by atoms with Crippen molar-refractivity contribution in [3.05, 3.63) is 33.8 Å². The van der Waals surface area contributed by atoms with Crippen LogP contribution in [0.5, 0.6) is 0 Å². The lowest BCUT2D eigenvalue weighted by Gasteiger charge is -2.13. The Labute approximate surface area is 91.3 Å². The zero-order chi connectivity index (χ0) is 10.7. The molecule has 0 amide bonds. The first-order valence-corrected chi connectivity index (χ1v) is 5.05. The summed E-state index contributed by atoms with van der Waals surface area (Å²) >= 11 is 3.25. The number of rotatable bonds is 3. The van der Waals surface area contributed by atoms with Gasteiger partial charge >= 0.3 is 5.97 Å². The van der Waals surface area contributed by atoms with Crippen molar-refractivity contribution in [2.24, 2.45) is 0 Å². The molecule has 0 fully saturated rings. The molecule has 1 rings (SSSR count). The maximum absolute atomic E-state index is 10.9. The lowest BCUT2D eigenvalue weighted by molar-refractivity contribution is 0.0695. The number of halogens is 1. The fraction of sp³-hybridized carbons (Fsp3) is 0.300. The third-order valence-electron chi connectivity index (χ3n) is 2.15. The van der Waals surface area contributed by atoms with Crippen LogP contribution in [0.4, 0.5) is 0 Å². The number of hydrogen-bond acceptors (Lipinski definition) is 2. The van der Waals surface area contributed by atoms with Crippen LogP contribution in [0.15, 0.2) is 22.7 Å². The van der Waals surface area contributed by atoms with Crippen LogP contribution in [0.2, 0.25) is 0 Å². The molecule has 0 aliphatic rings. The molecule has 0 aliphatic carbocycles. The summed E-state index contributed by atoms with van der Waals surface area (Å²) in [6.07, 6.45) is 0. The van der Waals surface area contributed by atoms with Crippen molar-refractivity contribution >= 4 is 21.9 Å². The van der Waals surface area contributed by atoms with E-state index in [4.69, 9.17) is 5.11 Å². The topological polar surface area (TPSA) is 49.3 Å². The van der Waals surface area contributed by atoms with E-state index in [0.29, 0.717) is 5.56 Å². The number of carbonyl (C=O) groups is 1. The molecular weight excluding hydrogens is 246 g/mol. The van der Waals surface area contributed by atoms with E-state index in [0.717, 1.165) is 10.0 Å². The average molecular weight is 258 g/mol. The zero-order valence-electron chi connectivity index (χ0n) is 8.04. The van der Waals surface area contributed by atoms with Crippen LogP contribution in [-0.2, 0) is 0 Å². The van der Waals surface area contributed by atoms with E-state index < -0.39 is 5.97 Å². The summed E-state index contributed by atoms with van der Waals surface area (Å²) in [5, 5.41) is 12.0. The van der Waals surface area contributed by atoms with Crippen LogP contribution in [0.25, 0.3) is 0 Å². The molecule has 0 saturated heterocycles. The quantitative estimate of drug-likeness (QED) is 0.875. The first-order valence-electron chi connectivity index (χ1n) is 4.26. The van der Waals surface area contributed by atoms with E-state index in [1.54, 1.807) is 13.1 Å². The summed E-state index contributed by atoms with van der Waals surface area (Å²) in [5.74, 6) is -0.900. The first kappa shape index (κ1) is 11.2. The Bertz CT molecular complexity index is 352. The third kappa shape index (κ3) is 2.33. The minimum absolute atomic E-state index is 0.0363. The lowest BCUT2D eigenvalue weighted by Crippen LogP contribution is -2.16. The van der Waals surface area contributed by atoms with Crippen molar-refractivity contribution in [1.82, 2.24) is 5.32 Å². The number of carboxylic acids is 1. The summed E-state index contributed by atoms with van der Waals surface area (Å²) in [5.41, 5.74) is 1.13. The molecule has 0 unspecified atom stereocenters. The molecule has 76 valence electrons. The molecule has 1 aromatic rings. The minimum Gasteiger partial charge on any atom is -0.478 e.